The Morgan fingerprint density at radius 2 is 1.67 bits per heavy atom. The Morgan fingerprint density at radius 1 is 1.00 bits per heavy atom. The number of nitrogens with zero attached hydrogens (tertiary/aromatic N) is 5. The van der Waals surface area contributed by atoms with Gasteiger partial charge in [0, 0.05) is 44.1 Å². The Morgan fingerprint density at radius 3 is 2.30 bits per heavy atom. The molecular formula is C18H18N6O4S2. The smallest absolute Gasteiger partial charge is 0.286 e. The maximum Gasteiger partial charge on any atom is 0.286 e. The van der Waals surface area contributed by atoms with E-state index in [4.69, 9.17) is 5.21 Å². The van der Waals surface area contributed by atoms with E-state index in [1.54, 1.807) is 42.1 Å². The highest BCUT2D eigenvalue weighted by molar-refractivity contribution is 7.89. The number of thiazole rings is 1. The van der Waals surface area contributed by atoms with Crippen molar-refractivity contribution in [3.63, 3.8) is 0 Å². The lowest BCUT2D eigenvalue weighted by Gasteiger charge is -2.33. The van der Waals surface area contributed by atoms with E-state index < -0.39 is 15.9 Å². The van der Waals surface area contributed by atoms with E-state index in [0.29, 0.717) is 31.3 Å². The normalized spacial score (nSPS) is 15.2. The van der Waals surface area contributed by atoms with E-state index in [1.807, 2.05) is 4.90 Å². The van der Waals surface area contributed by atoms with Crippen LogP contribution in [0.4, 0.5) is 5.13 Å². The number of hydrogen-bond donors (Lipinski definition) is 2. The van der Waals surface area contributed by atoms with Crippen molar-refractivity contribution in [2.75, 3.05) is 31.1 Å². The second-order valence-corrected chi connectivity index (χ2v) is 9.44. The second-order valence-electron chi connectivity index (χ2n) is 6.49. The first-order valence-corrected chi connectivity index (χ1v) is 11.3. The zero-order valence-corrected chi connectivity index (χ0v) is 17.3. The summed E-state index contributed by atoms with van der Waals surface area (Å²) in [6.45, 7) is 1.51. The quantitative estimate of drug-likeness (QED) is 0.442. The molecule has 0 bridgehead atoms. The van der Waals surface area contributed by atoms with Crippen molar-refractivity contribution in [3.8, 4) is 11.1 Å². The predicted molar refractivity (Wildman–Crippen MR) is 110 cm³/mol. The van der Waals surface area contributed by atoms with Crippen molar-refractivity contribution < 1.29 is 18.4 Å². The van der Waals surface area contributed by atoms with Crippen molar-refractivity contribution >= 4 is 32.4 Å². The summed E-state index contributed by atoms with van der Waals surface area (Å²) in [5.41, 5.74) is 3.23. The molecule has 0 unspecified atom stereocenters. The van der Waals surface area contributed by atoms with Gasteiger partial charge in [0.1, 0.15) is 11.2 Å². The van der Waals surface area contributed by atoms with Crippen LogP contribution >= 0.6 is 11.3 Å². The highest BCUT2D eigenvalue weighted by Gasteiger charge is 2.29. The largest absolute Gasteiger partial charge is 0.345 e. The van der Waals surface area contributed by atoms with E-state index in [9.17, 15) is 13.2 Å². The molecule has 3 aromatic rings. The van der Waals surface area contributed by atoms with Gasteiger partial charge in [-0.05, 0) is 17.7 Å². The van der Waals surface area contributed by atoms with Gasteiger partial charge in [-0.3, -0.25) is 10.0 Å². The summed E-state index contributed by atoms with van der Waals surface area (Å²) in [5.74, 6) is -0.620. The van der Waals surface area contributed by atoms with Crippen molar-refractivity contribution in [3.05, 3.63) is 54.1 Å². The molecule has 1 saturated heterocycles. The number of aromatic nitrogens is 3. The Balaban J connectivity index is 1.43. The van der Waals surface area contributed by atoms with E-state index in [1.165, 1.54) is 16.8 Å². The van der Waals surface area contributed by atoms with Gasteiger partial charge in [-0.2, -0.15) is 4.31 Å². The van der Waals surface area contributed by atoms with Crippen LogP contribution < -0.4 is 10.4 Å². The minimum absolute atomic E-state index is 0.229. The summed E-state index contributed by atoms with van der Waals surface area (Å²) in [4.78, 5) is 26.0. The van der Waals surface area contributed by atoms with Crippen LogP contribution in [-0.4, -0.2) is 65.0 Å². The lowest BCUT2D eigenvalue weighted by atomic mass is 10.1. The summed E-state index contributed by atoms with van der Waals surface area (Å²) in [5, 5.41) is 9.32. The van der Waals surface area contributed by atoms with Crippen LogP contribution in [0.2, 0.25) is 0 Å². The third kappa shape index (κ3) is 4.03. The van der Waals surface area contributed by atoms with Gasteiger partial charge in [0.2, 0.25) is 10.0 Å². The highest BCUT2D eigenvalue weighted by Crippen LogP contribution is 2.26. The first kappa shape index (κ1) is 20.3. The molecule has 1 amide bonds. The fraction of sp³-hybridized carbons (Fsp3) is 0.222. The molecular weight excluding hydrogens is 428 g/mol. The summed E-state index contributed by atoms with van der Waals surface area (Å²) in [6.07, 6.45) is 6.16. The predicted octanol–water partition coefficient (Wildman–Crippen LogP) is 1.23. The summed E-state index contributed by atoms with van der Waals surface area (Å²) >= 11 is 1.14. The van der Waals surface area contributed by atoms with E-state index in [2.05, 4.69) is 15.0 Å². The lowest BCUT2D eigenvalue weighted by Crippen LogP contribution is -2.48. The summed E-state index contributed by atoms with van der Waals surface area (Å²) in [7, 11) is -3.62. The number of benzene rings is 1. The molecule has 0 saturated carbocycles. The average molecular weight is 447 g/mol. The SMILES string of the molecule is O=C(NO)c1cnc(N2CCN(S(=O)(=O)c3ccc(-c4cncnc4)cc3)CC2)s1. The molecule has 1 aliphatic heterocycles. The lowest BCUT2D eigenvalue weighted by molar-refractivity contribution is 0.0710. The minimum Gasteiger partial charge on any atom is -0.345 e. The van der Waals surface area contributed by atoms with Crippen molar-refractivity contribution in [2.45, 2.75) is 4.90 Å². The summed E-state index contributed by atoms with van der Waals surface area (Å²) in [6, 6.07) is 6.66. The number of hydroxylamine groups is 1. The number of carbonyl (C=O) groups excluding carboxylic acids is 1. The molecule has 10 nitrogen and oxygen atoms in total. The molecule has 12 heteroatoms. The van der Waals surface area contributed by atoms with Gasteiger partial charge in [-0.15, -0.1) is 0 Å². The number of carbonyl (C=O) groups is 1. The zero-order valence-electron chi connectivity index (χ0n) is 15.7. The van der Waals surface area contributed by atoms with Crippen LogP contribution in [0.3, 0.4) is 0 Å². The fourth-order valence-electron chi connectivity index (χ4n) is 3.11. The van der Waals surface area contributed by atoms with Crippen LogP contribution in [0, 0.1) is 0 Å². The maximum atomic E-state index is 13.0. The molecule has 1 aromatic carbocycles. The van der Waals surface area contributed by atoms with Gasteiger partial charge in [-0.1, -0.05) is 23.5 Å². The number of nitrogens with one attached hydrogen (secondary N) is 1. The molecule has 4 rings (SSSR count). The van der Waals surface area contributed by atoms with Crippen LogP contribution in [-0.2, 0) is 10.0 Å². The monoisotopic (exact) mass is 446 g/mol. The summed E-state index contributed by atoms with van der Waals surface area (Å²) < 4.78 is 27.4. The van der Waals surface area contributed by atoms with E-state index in [-0.39, 0.29) is 9.77 Å². The minimum atomic E-state index is -3.62. The Kier molecular flexibility index (Phi) is 5.72. The number of sulfonamides is 1. The number of hydrogen-bond acceptors (Lipinski definition) is 9. The molecule has 0 aliphatic carbocycles. The molecule has 30 heavy (non-hydrogen) atoms. The maximum absolute atomic E-state index is 13.0. The van der Waals surface area contributed by atoms with Crippen molar-refractivity contribution in [1.82, 2.24) is 24.7 Å². The molecule has 1 fully saturated rings. The standard InChI is InChI=1S/C18H18N6O4S2/c25-17(22-26)16-11-21-18(29-16)23-5-7-24(8-6-23)30(27,28)15-3-1-13(2-4-15)14-9-19-12-20-10-14/h1-4,9-12,26H,5-8H2,(H,22,25). The molecule has 156 valence electrons. The van der Waals surface area contributed by atoms with Crippen molar-refractivity contribution in [2.24, 2.45) is 0 Å². The molecule has 0 spiro atoms. The number of rotatable bonds is 5. The van der Waals surface area contributed by atoms with Gasteiger partial charge in [-0.25, -0.2) is 28.8 Å². The number of piperazine rings is 1. The topological polar surface area (TPSA) is 129 Å². The zero-order chi connectivity index (χ0) is 21.1. The van der Waals surface area contributed by atoms with Gasteiger partial charge >= 0.3 is 0 Å². The average Bonchev–Trinajstić information content (AvgIpc) is 3.30. The molecule has 3 heterocycles. The van der Waals surface area contributed by atoms with Crippen LogP contribution in [0.5, 0.6) is 0 Å². The van der Waals surface area contributed by atoms with Gasteiger partial charge in [0.05, 0.1) is 11.1 Å². The van der Waals surface area contributed by atoms with Crippen molar-refractivity contribution in [1.29, 1.82) is 0 Å². The first-order valence-electron chi connectivity index (χ1n) is 9.00. The molecule has 0 atom stereocenters. The fourth-order valence-corrected chi connectivity index (χ4v) is 5.39. The first-order chi connectivity index (χ1) is 14.5. The number of amides is 1. The Labute approximate surface area is 176 Å². The highest BCUT2D eigenvalue weighted by atomic mass is 32.2. The van der Waals surface area contributed by atoms with Crippen LogP contribution in [0.25, 0.3) is 11.1 Å². The van der Waals surface area contributed by atoms with Crippen LogP contribution in [0.15, 0.2) is 54.1 Å². The molecule has 2 aromatic heterocycles. The van der Waals surface area contributed by atoms with Crippen LogP contribution in [0.1, 0.15) is 9.67 Å². The second kappa shape index (κ2) is 8.44. The third-order valence-corrected chi connectivity index (χ3v) is 7.68. The third-order valence-electron chi connectivity index (χ3n) is 4.71. The molecule has 2 N–H and O–H groups in total. The van der Waals surface area contributed by atoms with E-state index in [0.717, 1.165) is 22.5 Å². The van der Waals surface area contributed by atoms with Gasteiger partial charge < -0.3 is 4.90 Å². The molecule has 1 aliphatic rings. The van der Waals surface area contributed by atoms with Gasteiger partial charge in [0.15, 0.2) is 5.13 Å². The number of anilines is 1. The Bertz CT molecular complexity index is 1130. The molecule has 0 radical (unpaired) electrons. The van der Waals surface area contributed by atoms with Gasteiger partial charge in [0.25, 0.3) is 5.91 Å². The van der Waals surface area contributed by atoms with E-state index >= 15 is 0 Å². The Hall–Kier alpha value is -2.93.